The maximum atomic E-state index is 14.1. The summed E-state index contributed by atoms with van der Waals surface area (Å²) >= 11 is 0. The van der Waals surface area contributed by atoms with Crippen molar-refractivity contribution in [1.82, 2.24) is 0 Å². The zero-order valence-electron chi connectivity index (χ0n) is 17.2. The average Bonchev–Trinajstić information content (AvgIpc) is 3.31. The minimum atomic E-state index is -0.839. The summed E-state index contributed by atoms with van der Waals surface area (Å²) in [5.74, 6) is -0.341. The Labute approximate surface area is 185 Å². The van der Waals surface area contributed by atoms with Crippen LogP contribution in [0.3, 0.4) is 0 Å². The smallest absolute Gasteiger partial charge is 0.191 e. The molecule has 150 valence electrons. The fourth-order valence-electron chi connectivity index (χ4n) is 6.28. The predicted molar refractivity (Wildman–Crippen MR) is 124 cm³/mol. The molecule has 2 atom stereocenters. The van der Waals surface area contributed by atoms with Crippen molar-refractivity contribution in [1.29, 1.82) is 0 Å². The van der Waals surface area contributed by atoms with Crippen LogP contribution in [0.2, 0.25) is 0 Å². The van der Waals surface area contributed by atoms with Gasteiger partial charge in [0.15, 0.2) is 11.6 Å². The van der Waals surface area contributed by atoms with E-state index in [0.717, 1.165) is 44.5 Å². The number of benzene rings is 4. The molecule has 0 N–H and O–H groups in total. The minimum Gasteiger partial charge on any atom is -0.293 e. The summed E-state index contributed by atoms with van der Waals surface area (Å²) < 4.78 is 0. The minimum absolute atomic E-state index is 0.0310. The van der Waals surface area contributed by atoms with Crippen LogP contribution in [0.1, 0.15) is 54.5 Å². The third-order valence-corrected chi connectivity index (χ3v) is 7.40. The molecule has 0 aliphatic heterocycles. The van der Waals surface area contributed by atoms with Crippen LogP contribution in [0, 0.1) is 0 Å². The highest BCUT2D eigenvalue weighted by molar-refractivity contribution is 6.28. The first-order chi connectivity index (χ1) is 15.7. The van der Waals surface area contributed by atoms with Gasteiger partial charge in [-0.15, -0.1) is 0 Å². The van der Waals surface area contributed by atoms with Gasteiger partial charge in [0, 0.05) is 16.7 Å². The monoisotopic (exact) mass is 410 g/mol. The number of Topliss-reactive ketones (excluding diaryl/α,β-unsaturated/α-hetero) is 2. The van der Waals surface area contributed by atoms with E-state index in [1.165, 1.54) is 0 Å². The molecule has 0 saturated heterocycles. The second-order valence-corrected chi connectivity index (χ2v) is 8.73. The van der Waals surface area contributed by atoms with Crippen molar-refractivity contribution < 1.29 is 9.59 Å². The van der Waals surface area contributed by atoms with Crippen LogP contribution >= 0.6 is 0 Å². The first-order valence-electron chi connectivity index (χ1n) is 10.9. The highest BCUT2D eigenvalue weighted by atomic mass is 16.1. The highest BCUT2D eigenvalue weighted by Gasteiger charge is 2.62. The standard InChI is InChI=1S/C30H18O2/c31-28-22-15-7-5-13-20(22)25-19-12-4-6-14-21(19)26-29(32)23-16-8-9-17-24(23)30(26,27(25)28)18-10-2-1-3-11-18/h1-17,26H. The molecule has 2 heteroatoms. The number of rotatable bonds is 1. The Balaban J connectivity index is 1.73. The van der Waals surface area contributed by atoms with Gasteiger partial charge in [-0.2, -0.15) is 0 Å². The van der Waals surface area contributed by atoms with Crippen molar-refractivity contribution in [2.24, 2.45) is 0 Å². The van der Waals surface area contributed by atoms with Crippen LogP contribution in [0.5, 0.6) is 0 Å². The van der Waals surface area contributed by atoms with Crippen molar-refractivity contribution in [3.8, 4) is 0 Å². The van der Waals surface area contributed by atoms with Crippen LogP contribution in [0.15, 0.2) is 109 Å². The Hall–Kier alpha value is -4.04. The van der Waals surface area contributed by atoms with Gasteiger partial charge in [0.2, 0.25) is 0 Å². The summed E-state index contributed by atoms with van der Waals surface area (Å²) in [5.41, 5.74) is 7.21. The first kappa shape index (κ1) is 17.6. The molecule has 0 saturated carbocycles. The van der Waals surface area contributed by atoms with Gasteiger partial charge >= 0.3 is 0 Å². The Bertz CT molecular complexity index is 1510. The molecule has 0 aromatic heterocycles. The predicted octanol–water partition coefficient (Wildman–Crippen LogP) is 5.96. The summed E-state index contributed by atoms with van der Waals surface area (Å²) in [4.78, 5) is 28.1. The Kier molecular flexibility index (Phi) is 3.31. The number of hydrogen-bond acceptors (Lipinski definition) is 2. The van der Waals surface area contributed by atoms with Crippen molar-refractivity contribution in [3.63, 3.8) is 0 Å². The van der Waals surface area contributed by atoms with Crippen molar-refractivity contribution in [2.45, 2.75) is 11.3 Å². The van der Waals surface area contributed by atoms with Gasteiger partial charge in [-0.3, -0.25) is 9.59 Å². The van der Waals surface area contributed by atoms with Gasteiger partial charge in [-0.25, -0.2) is 0 Å². The Morgan fingerprint density at radius 1 is 0.562 bits per heavy atom. The number of ketones is 2. The zero-order chi connectivity index (χ0) is 21.4. The van der Waals surface area contributed by atoms with Gasteiger partial charge in [0.25, 0.3) is 0 Å². The molecule has 0 amide bonds. The van der Waals surface area contributed by atoms with E-state index >= 15 is 0 Å². The van der Waals surface area contributed by atoms with Crippen molar-refractivity contribution >= 4 is 17.1 Å². The van der Waals surface area contributed by atoms with Gasteiger partial charge in [-0.05, 0) is 33.4 Å². The number of allylic oxidation sites excluding steroid dienone is 1. The molecular formula is C30H18O2. The van der Waals surface area contributed by atoms with E-state index in [1.807, 2.05) is 78.9 Å². The molecule has 0 radical (unpaired) electrons. The molecule has 2 unspecified atom stereocenters. The zero-order valence-corrected chi connectivity index (χ0v) is 17.2. The lowest BCUT2D eigenvalue weighted by Gasteiger charge is -2.42. The SMILES string of the molecule is O=C1C2=C(c3ccccc31)c1ccccc1C1C(=O)c3ccccc3C21c1ccccc1. The summed E-state index contributed by atoms with van der Waals surface area (Å²) in [5, 5.41) is 0. The molecule has 4 aromatic rings. The van der Waals surface area contributed by atoms with Crippen molar-refractivity contribution in [3.05, 3.63) is 148 Å². The first-order valence-corrected chi connectivity index (χ1v) is 10.9. The van der Waals surface area contributed by atoms with E-state index in [-0.39, 0.29) is 11.6 Å². The quantitative estimate of drug-likeness (QED) is 0.388. The van der Waals surface area contributed by atoms with Crippen LogP contribution in [0.25, 0.3) is 5.57 Å². The molecule has 3 aliphatic rings. The number of carbonyl (C=O) groups excluding carboxylic acids is 2. The molecule has 4 aromatic carbocycles. The van der Waals surface area contributed by atoms with E-state index < -0.39 is 11.3 Å². The van der Waals surface area contributed by atoms with Crippen LogP contribution < -0.4 is 0 Å². The fourth-order valence-corrected chi connectivity index (χ4v) is 6.28. The molecule has 7 rings (SSSR count). The molecule has 0 fully saturated rings. The van der Waals surface area contributed by atoms with E-state index in [4.69, 9.17) is 0 Å². The lowest BCUT2D eigenvalue weighted by Crippen LogP contribution is -2.40. The Morgan fingerprint density at radius 3 is 1.94 bits per heavy atom. The van der Waals surface area contributed by atoms with Gasteiger partial charge in [0.05, 0.1) is 11.3 Å². The molecule has 2 nitrogen and oxygen atoms in total. The van der Waals surface area contributed by atoms with Gasteiger partial charge in [-0.1, -0.05) is 103 Å². The Morgan fingerprint density at radius 2 is 1.16 bits per heavy atom. The number of fused-ring (bicyclic) bond motifs is 9. The number of carbonyl (C=O) groups is 2. The topological polar surface area (TPSA) is 34.1 Å². The lowest BCUT2D eigenvalue weighted by molar-refractivity contribution is 0.0949. The highest BCUT2D eigenvalue weighted by Crippen LogP contribution is 2.64. The van der Waals surface area contributed by atoms with Crippen LogP contribution in [0.4, 0.5) is 0 Å². The van der Waals surface area contributed by atoms with Gasteiger partial charge < -0.3 is 0 Å². The maximum Gasteiger partial charge on any atom is 0.191 e. The fraction of sp³-hybridized carbons (Fsp3) is 0.0667. The average molecular weight is 410 g/mol. The molecule has 0 bridgehead atoms. The largest absolute Gasteiger partial charge is 0.293 e. The van der Waals surface area contributed by atoms with Crippen LogP contribution in [-0.4, -0.2) is 11.6 Å². The van der Waals surface area contributed by atoms with Crippen LogP contribution in [-0.2, 0) is 5.41 Å². The van der Waals surface area contributed by atoms with E-state index in [9.17, 15) is 9.59 Å². The van der Waals surface area contributed by atoms with E-state index in [1.54, 1.807) is 0 Å². The van der Waals surface area contributed by atoms with Gasteiger partial charge in [0.1, 0.15) is 0 Å². The molecule has 32 heavy (non-hydrogen) atoms. The third kappa shape index (κ3) is 1.87. The van der Waals surface area contributed by atoms with Crippen molar-refractivity contribution in [2.75, 3.05) is 0 Å². The third-order valence-electron chi connectivity index (χ3n) is 7.40. The second kappa shape index (κ2) is 6.02. The van der Waals surface area contributed by atoms with E-state index in [2.05, 4.69) is 24.3 Å². The summed E-state index contributed by atoms with van der Waals surface area (Å²) in [6, 6.07) is 33.9. The maximum absolute atomic E-state index is 14.1. The second-order valence-electron chi connectivity index (χ2n) is 8.73. The normalized spacial score (nSPS) is 22.2. The molecular weight excluding hydrogens is 392 g/mol. The summed E-state index contributed by atoms with van der Waals surface area (Å²) in [7, 11) is 0. The molecule has 3 aliphatic carbocycles. The number of hydrogen-bond donors (Lipinski definition) is 0. The summed E-state index contributed by atoms with van der Waals surface area (Å²) in [6.45, 7) is 0. The molecule has 0 spiro atoms. The lowest BCUT2D eigenvalue weighted by atomic mass is 9.57. The van der Waals surface area contributed by atoms with E-state index in [0.29, 0.717) is 5.56 Å². The molecule has 0 heterocycles. The summed E-state index contributed by atoms with van der Waals surface area (Å²) in [6.07, 6.45) is 0.